The van der Waals surface area contributed by atoms with Gasteiger partial charge in [-0.25, -0.2) is 13.2 Å². The first-order valence-electron chi connectivity index (χ1n) is 5.81. The smallest absolute Gasteiger partial charge is 0.126 e. The predicted molar refractivity (Wildman–Crippen MR) is 66.0 cm³/mol. The van der Waals surface area contributed by atoms with E-state index in [9.17, 15) is 18.3 Å². The maximum atomic E-state index is 13.5. The molecule has 0 aliphatic rings. The summed E-state index contributed by atoms with van der Waals surface area (Å²) in [5.74, 6) is -2.01. The molecule has 1 nitrogen and oxygen atoms in total. The van der Waals surface area contributed by atoms with Gasteiger partial charge in [0, 0.05) is 12.5 Å². The standard InChI is InChI=1S/C15H13F3O/c1-15(19,9-10-4-2-3-5-14(10)18)11-6-12(16)8-13(17)7-11/h2-8,19H,9H2,1H3. The summed E-state index contributed by atoms with van der Waals surface area (Å²) in [4.78, 5) is 0. The molecule has 0 fully saturated rings. The van der Waals surface area contributed by atoms with Crippen molar-refractivity contribution in [1.82, 2.24) is 0 Å². The minimum Gasteiger partial charge on any atom is -0.385 e. The lowest BCUT2D eigenvalue weighted by atomic mass is 9.89. The number of benzene rings is 2. The number of aliphatic hydroxyl groups is 1. The fourth-order valence-electron chi connectivity index (χ4n) is 1.98. The van der Waals surface area contributed by atoms with E-state index in [4.69, 9.17) is 0 Å². The molecule has 0 bridgehead atoms. The van der Waals surface area contributed by atoms with Gasteiger partial charge in [0.1, 0.15) is 17.5 Å². The summed E-state index contributed by atoms with van der Waals surface area (Å²) >= 11 is 0. The number of halogens is 3. The fraction of sp³-hybridized carbons (Fsp3) is 0.200. The minimum atomic E-state index is -1.55. The molecule has 0 aliphatic carbocycles. The molecular formula is C15H13F3O. The van der Waals surface area contributed by atoms with Crippen molar-refractivity contribution < 1.29 is 18.3 Å². The van der Waals surface area contributed by atoms with Gasteiger partial charge in [-0.15, -0.1) is 0 Å². The number of hydrogen-bond acceptors (Lipinski definition) is 1. The van der Waals surface area contributed by atoms with Gasteiger partial charge in [0.25, 0.3) is 0 Å². The zero-order chi connectivity index (χ0) is 14.0. The Morgan fingerprint density at radius 1 is 1.00 bits per heavy atom. The van der Waals surface area contributed by atoms with E-state index in [0.717, 1.165) is 18.2 Å². The Morgan fingerprint density at radius 2 is 1.58 bits per heavy atom. The molecule has 0 heterocycles. The highest BCUT2D eigenvalue weighted by atomic mass is 19.1. The highest BCUT2D eigenvalue weighted by Gasteiger charge is 2.26. The summed E-state index contributed by atoms with van der Waals surface area (Å²) in [5.41, 5.74) is -1.18. The molecule has 19 heavy (non-hydrogen) atoms. The highest BCUT2D eigenvalue weighted by Crippen LogP contribution is 2.27. The van der Waals surface area contributed by atoms with Crippen LogP contribution in [0.15, 0.2) is 42.5 Å². The summed E-state index contributed by atoms with van der Waals surface area (Å²) in [6.45, 7) is 1.40. The Labute approximate surface area is 109 Å². The molecule has 0 aliphatic heterocycles. The first kappa shape index (κ1) is 13.6. The van der Waals surface area contributed by atoms with Crippen LogP contribution < -0.4 is 0 Å². The van der Waals surface area contributed by atoms with Gasteiger partial charge < -0.3 is 5.11 Å². The average molecular weight is 266 g/mol. The van der Waals surface area contributed by atoms with E-state index in [0.29, 0.717) is 0 Å². The van der Waals surface area contributed by atoms with Gasteiger partial charge in [-0.2, -0.15) is 0 Å². The zero-order valence-electron chi connectivity index (χ0n) is 10.3. The van der Waals surface area contributed by atoms with Gasteiger partial charge in [0.15, 0.2) is 0 Å². The van der Waals surface area contributed by atoms with Crippen LogP contribution in [-0.2, 0) is 12.0 Å². The second kappa shape index (κ2) is 5.05. The molecule has 0 amide bonds. The van der Waals surface area contributed by atoms with Crippen LogP contribution in [0.5, 0.6) is 0 Å². The third-order valence-corrected chi connectivity index (χ3v) is 2.98. The third kappa shape index (κ3) is 3.15. The van der Waals surface area contributed by atoms with Crippen LogP contribution in [-0.4, -0.2) is 5.11 Å². The summed E-state index contributed by atoms with van der Waals surface area (Å²) in [5, 5.41) is 10.3. The molecule has 1 unspecified atom stereocenters. The van der Waals surface area contributed by atoms with Gasteiger partial charge in [-0.3, -0.25) is 0 Å². The Morgan fingerprint density at radius 3 is 2.16 bits per heavy atom. The summed E-state index contributed by atoms with van der Waals surface area (Å²) in [7, 11) is 0. The first-order valence-corrected chi connectivity index (χ1v) is 5.81. The van der Waals surface area contributed by atoms with Crippen LogP contribution in [0.4, 0.5) is 13.2 Å². The van der Waals surface area contributed by atoms with Crippen molar-refractivity contribution >= 4 is 0 Å². The van der Waals surface area contributed by atoms with Crippen LogP contribution in [0.3, 0.4) is 0 Å². The molecule has 0 saturated heterocycles. The van der Waals surface area contributed by atoms with Crippen molar-refractivity contribution in [3.63, 3.8) is 0 Å². The SMILES string of the molecule is CC(O)(Cc1ccccc1F)c1cc(F)cc(F)c1. The Bertz CT molecular complexity index is 573. The molecule has 0 aromatic heterocycles. The fourth-order valence-corrected chi connectivity index (χ4v) is 1.98. The predicted octanol–water partition coefficient (Wildman–Crippen LogP) is 3.55. The monoisotopic (exact) mass is 266 g/mol. The minimum absolute atomic E-state index is 0.0669. The van der Waals surface area contributed by atoms with Crippen molar-refractivity contribution in [3.05, 3.63) is 71.0 Å². The zero-order valence-corrected chi connectivity index (χ0v) is 10.3. The lowest BCUT2D eigenvalue weighted by Gasteiger charge is -2.24. The van der Waals surface area contributed by atoms with Crippen molar-refractivity contribution in [1.29, 1.82) is 0 Å². The maximum absolute atomic E-state index is 13.5. The van der Waals surface area contributed by atoms with E-state index in [1.165, 1.54) is 25.1 Å². The largest absolute Gasteiger partial charge is 0.385 e. The molecule has 0 spiro atoms. The Hall–Kier alpha value is -1.81. The van der Waals surface area contributed by atoms with Crippen molar-refractivity contribution in [2.75, 3.05) is 0 Å². The molecule has 4 heteroatoms. The Kier molecular flexibility index (Phi) is 3.62. The highest BCUT2D eigenvalue weighted by molar-refractivity contribution is 5.28. The topological polar surface area (TPSA) is 20.2 Å². The van der Waals surface area contributed by atoms with Crippen LogP contribution in [0.25, 0.3) is 0 Å². The van der Waals surface area contributed by atoms with Crippen LogP contribution in [0, 0.1) is 17.5 Å². The van der Waals surface area contributed by atoms with Gasteiger partial charge in [-0.1, -0.05) is 18.2 Å². The molecule has 2 aromatic rings. The van der Waals surface area contributed by atoms with E-state index in [2.05, 4.69) is 0 Å². The summed E-state index contributed by atoms with van der Waals surface area (Å²) in [6.07, 6.45) is -0.0669. The third-order valence-electron chi connectivity index (χ3n) is 2.98. The molecule has 0 radical (unpaired) electrons. The molecule has 0 saturated carbocycles. The lowest BCUT2D eigenvalue weighted by molar-refractivity contribution is 0.0560. The van der Waals surface area contributed by atoms with E-state index < -0.39 is 23.1 Å². The molecule has 100 valence electrons. The summed E-state index contributed by atoms with van der Waals surface area (Å²) < 4.78 is 39.8. The van der Waals surface area contributed by atoms with E-state index >= 15 is 0 Å². The quantitative estimate of drug-likeness (QED) is 0.900. The Balaban J connectivity index is 2.34. The molecule has 1 atom stereocenters. The van der Waals surface area contributed by atoms with Gasteiger partial charge in [0.05, 0.1) is 5.60 Å². The lowest BCUT2D eigenvalue weighted by Crippen LogP contribution is -2.25. The number of hydrogen-bond donors (Lipinski definition) is 1. The van der Waals surface area contributed by atoms with Crippen molar-refractivity contribution in [2.24, 2.45) is 0 Å². The van der Waals surface area contributed by atoms with E-state index in [1.807, 2.05) is 0 Å². The van der Waals surface area contributed by atoms with Crippen LogP contribution in [0.2, 0.25) is 0 Å². The second-order valence-electron chi connectivity index (χ2n) is 4.70. The van der Waals surface area contributed by atoms with Crippen LogP contribution in [0.1, 0.15) is 18.1 Å². The van der Waals surface area contributed by atoms with Gasteiger partial charge in [-0.05, 0) is 36.2 Å². The van der Waals surface area contributed by atoms with E-state index in [1.54, 1.807) is 6.07 Å². The van der Waals surface area contributed by atoms with Crippen LogP contribution >= 0.6 is 0 Å². The molecule has 2 aromatic carbocycles. The number of rotatable bonds is 3. The molecule has 1 N–H and O–H groups in total. The van der Waals surface area contributed by atoms with Gasteiger partial charge in [0.2, 0.25) is 0 Å². The second-order valence-corrected chi connectivity index (χ2v) is 4.70. The molecular weight excluding hydrogens is 253 g/mol. The summed E-state index contributed by atoms with van der Waals surface area (Å²) in [6, 6.07) is 8.80. The first-order chi connectivity index (χ1) is 8.88. The maximum Gasteiger partial charge on any atom is 0.126 e. The van der Waals surface area contributed by atoms with Crippen molar-refractivity contribution in [2.45, 2.75) is 18.9 Å². The van der Waals surface area contributed by atoms with Gasteiger partial charge >= 0.3 is 0 Å². The van der Waals surface area contributed by atoms with E-state index in [-0.39, 0.29) is 17.5 Å². The molecule has 2 rings (SSSR count). The normalized spacial score (nSPS) is 14.2. The van der Waals surface area contributed by atoms with Crippen molar-refractivity contribution in [3.8, 4) is 0 Å². The average Bonchev–Trinajstić information content (AvgIpc) is 2.31.